The lowest BCUT2D eigenvalue weighted by Gasteiger charge is -2.08. The van der Waals surface area contributed by atoms with E-state index >= 15 is 0 Å². The predicted octanol–water partition coefficient (Wildman–Crippen LogP) is 1.07. The average Bonchev–Trinajstić information content (AvgIpc) is 2.51. The molecule has 0 bridgehead atoms. The molecular weight excluding hydrogens is 172 g/mol. The fourth-order valence-electron chi connectivity index (χ4n) is 0.737. The summed E-state index contributed by atoms with van der Waals surface area (Å²) in [6.45, 7) is 3.71. The topological polar surface area (TPSA) is 75.2 Å². The molecule has 2 N–H and O–H groups in total. The number of rotatable bonds is 3. The first kappa shape index (κ1) is 9.57. The lowest BCUT2D eigenvalue weighted by molar-refractivity contribution is 0.0320. The number of hydrogen-bond acceptors (Lipinski definition) is 4. The maximum absolute atomic E-state index is 11.2. The molecule has 0 spiro atoms. The molecule has 1 heterocycles. The van der Waals surface area contributed by atoms with E-state index in [0.717, 1.165) is 12.6 Å². The zero-order chi connectivity index (χ0) is 9.84. The lowest BCUT2D eigenvalue weighted by atomic mass is 10.3. The van der Waals surface area contributed by atoms with Gasteiger partial charge in [-0.15, -0.1) is 0 Å². The van der Waals surface area contributed by atoms with Gasteiger partial charge in [0, 0.05) is 0 Å². The van der Waals surface area contributed by atoms with Crippen molar-refractivity contribution < 1.29 is 14.6 Å². The number of aromatic nitrogens is 2. The zero-order valence-electron chi connectivity index (χ0n) is 7.57. The summed E-state index contributed by atoms with van der Waals surface area (Å²) in [5.41, 5.74) is 0. The smallest absolute Gasteiger partial charge is 0.374 e. The van der Waals surface area contributed by atoms with E-state index < -0.39 is 5.97 Å². The largest absolute Gasteiger partial charge is 0.493 e. The van der Waals surface area contributed by atoms with Crippen LogP contribution in [0.3, 0.4) is 0 Å². The van der Waals surface area contributed by atoms with E-state index in [1.54, 1.807) is 6.92 Å². The summed E-state index contributed by atoms with van der Waals surface area (Å²) in [5.74, 6) is -0.663. The number of esters is 1. The second-order valence-electron chi connectivity index (χ2n) is 2.74. The fraction of sp³-hybridized carbons (Fsp3) is 0.500. The maximum Gasteiger partial charge on any atom is 0.374 e. The summed E-state index contributed by atoms with van der Waals surface area (Å²) in [6.07, 6.45) is 1.77. The quantitative estimate of drug-likeness (QED) is 0.689. The van der Waals surface area contributed by atoms with Gasteiger partial charge < -0.3 is 14.8 Å². The molecule has 1 aromatic rings. The van der Waals surface area contributed by atoms with Crippen molar-refractivity contribution in [3.8, 4) is 5.88 Å². The van der Waals surface area contributed by atoms with E-state index in [0.29, 0.717) is 0 Å². The minimum Gasteiger partial charge on any atom is -0.493 e. The molecule has 0 aliphatic heterocycles. The Balaban J connectivity index is 2.58. The minimum absolute atomic E-state index is 0.0257. The molecule has 1 unspecified atom stereocenters. The number of aromatic hydroxyl groups is 1. The molecular formula is C8H12N2O3. The Morgan fingerprint density at radius 1 is 1.85 bits per heavy atom. The molecule has 0 saturated heterocycles. The van der Waals surface area contributed by atoms with Gasteiger partial charge >= 0.3 is 5.97 Å². The third-order valence-electron chi connectivity index (χ3n) is 1.64. The Bertz CT molecular complexity index is 295. The summed E-state index contributed by atoms with van der Waals surface area (Å²) >= 11 is 0. The van der Waals surface area contributed by atoms with Gasteiger partial charge in [0.15, 0.2) is 0 Å². The summed E-state index contributed by atoms with van der Waals surface area (Å²) in [4.78, 5) is 17.2. The van der Waals surface area contributed by atoms with Crippen LogP contribution in [0.15, 0.2) is 6.20 Å². The molecule has 0 aromatic carbocycles. The number of nitrogens with zero attached hydrogens (tertiary/aromatic N) is 1. The van der Waals surface area contributed by atoms with Gasteiger partial charge in [-0.2, -0.15) is 0 Å². The number of hydrogen-bond donors (Lipinski definition) is 2. The average molecular weight is 184 g/mol. The molecule has 5 heteroatoms. The molecule has 0 aliphatic rings. The molecule has 0 aliphatic carbocycles. The van der Waals surface area contributed by atoms with Gasteiger partial charge in [-0.3, -0.25) is 0 Å². The highest BCUT2D eigenvalue weighted by Gasteiger charge is 2.13. The van der Waals surface area contributed by atoms with Gasteiger partial charge in [-0.1, -0.05) is 6.92 Å². The van der Waals surface area contributed by atoms with Crippen molar-refractivity contribution in [3.63, 3.8) is 0 Å². The monoisotopic (exact) mass is 184 g/mol. The summed E-state index contributed by atoms with van der Waals surface area (Å²) in [7, 11) is 0. The van der Waals surface area contributed by atoms with Crippen LogP contribution in [-0.2, 0) is 4.74 Å². The van der Waals surface area contributed by atoms with Crippen molar-refractivity contribution in [1.82, 2.24) is 9.97 Å². The van der Waals surface area contributed by atoms with E-state index in [4.69, 9.17) is 9.84 Å². The second kappa shape index (κ2) is 3.93. The van der Waals surface area contributed by atoms with E-state index in [1.807, 2.05) is 6.92 Å². The Kier molecular flexibility index (Phi) is 2.89. The van der Waals surface area contributed by atoms with Crippen LogP contribution in [0.4, 0.5) is 0 Å². The first-order valence-electron chi connectivity index (χ1n) is 4.08. The molecule has 1 aromatic heterocycles. The normalized spacial score (nSPS) is 12.5. The van der Waals surface area contributed by atoms with Crippen molar-refractivity contribution in [1.29, 1.82) is 0 Å². The third kappa shape index (κ3) is 2.47. The maximum atomic E-state index is 11.2. The molecule has 1 atom stereocenters. The highest BCUT2D eigenvalue weighted by atomic mass is 16.5. The van der Waals surface area contributed by atoms with Crippen molar-refractivity contribution in [2.75, 3.05) is 0 Å². The van der Waals surface area contributed by atoms with E-state index in [1.165, 1.54) is 0 Å². The highest BCUT2D eigenvalue weighted by Crippen LogP contribution is 2.06. The number of aromatic amines is 1. The van der Waals surface area contributed by atoms with Crippen LogP contribution in [0.2, 0.25) is 0 Å². The third-order valence-corrected chi connectivity index (χ3v) is 1.64. The van der Waals surface area contributed by atoms with Crippen LogP contribution < -0.4 is 0 Å². The number of nitrogens with one attached hydrogen (secondary N) is 1. The SMILES string of the molecule is CCC(C)OC(=O)c1ncc(O)[nH]1. The molecule has 13 heavy (non-hydrogen) atoms. The highest BCUT2D eigenvalue weighted by molar-refractivity contribution is 5.85. The molecule has 0 saturated carbocycles. The van der Waals surface area contributed by atoms with Crippen molar-refractivity contribution >= 4 is 5.97 Å². The van der Waals surface area contributed by atoms with Gasteiger partial charge in [-0.25, -0.2) is 9.78 Å². The summed E-state index contributed by atoms with van der Waals surface area (Å²) in [5, 5.41) is 8.87. The second-order valence-corrected chi connectivity index (χ2v) is 2.74. The van der Waals surface area contributed by atoms with Crippen LogP contribution in [-0.4, -0.2) is 27.1 Å². The Labute approximate surface area is 75.8 Å². The van der Waals surface area contributed by atoms with Crippen LogP contribution in [0.5, 0.6) is 5.88 Å². The number of ether oxygens (including phenoxy) is 1. The van der Waals surface area contributed by atoms with E-state index in [-0.39, 0.29) is 17.8 Å². The molecule has 72 valence electrons. The van der Waals surface area contributed by atoms with E-state index in [2.05, 4.69) is 9.97 Å². The van der Waals surface area contributed by atoms with E-state index in [9.17, 15) is 4.79 Å². The molecule has 0 amide bonds. The Morgan fingerprint density at radius 2 is 2.54 bits per heavy atom. The number of H-pyrrole nitrogens is 1. The number of carbonyl (C=O) groups excluding carboxylic acids is 1. The van der Waals surface area contributed by atoms with Crippen LogP contribution in [0, 0.1) is 0 Å². The van der Waals surface area contributed by atoms with Gasteiger partial charge in [0.25, 0.3) is 0 Å². The van der Waals surface area contributed by atoms with Crippen LogP contribution >= 0.6 is 0 Å². The first-order chi connectivity index (χ1) is 6.13. The molecule has 1 rings (SSSR count). The lowest BCUT2D eigenvalue weighted by Crippen LogP contribution is -2.15. The molecule has 0 radical (unpaired) electrons. The van der Waals surface area contributed by atoms with Gasteiger partial charge in [0.05, 0.1) is 12.3 Å². The molecule has 5 nitrogen and oxygen atoms in total. The van der Waals surface area contributed by atoms with Crippen molar-refractivity contribution in [2.24, 2.45) is 0 Å². The number of imidazole rings is 1. The van der Waals surface area contributed by atoms with Crippen molar-refractivity contribution in [3.05, 3.63) is 12.0 Å². The minimum atomic E-state index is -0.547. The number of carbonyl (C=O) groups is 1. The summed E-state index contributed by atoms with van der Waals surface area (Å²) < 4.78 is 4.96. The fourth-order valence-corrected chi connectivity index (χ4v) is 0.737. The van der Waals surface area contributed by atoms with Crippen molar-refractivity contribution in [2.45, 2.75) is 26.4 Å². The Morgan fingerprint density at radius 3 is 3.00 bits per heavy atom. The van der Waals surface area contributed by atoms with Gasteiger partial charge in [0.1, 0.15) is 0 Å². The first-order valence-corrected chi connectivity index (χ1v) is 4.08. The van der Waals surface area contributed by atoms with Crippen LogP contribution in [0.1, 0.15) is 30.9 Å². The van der Waals surface area contributed by atoms with Crippen LogP contribution in [0.25, 0.3) is 0 Å². The molecule has 0 fully saturated rings. The van der Waals surface area contributed by atoms with Gasteiger partial charge in [-0.05, 0) is 13.3 Å². The predicted molar refractivity (Wildman–Crippen MR) is 45.4 cm³/mol. The standard InChI is InChI=1S/C8H12N2O3/c1-3-5(2)13-8(12)7-9-4-6(11)10-7/h4-5,11H,3H2,1-2H3,(H,9,10). The summed E-state index contributed by atoms with van der Waals surface area (Å²) in [6, 6.07) is 0. The van der Waals surface area contributed by atoms with Gasteiger partial charge in [0.2, 0.25) is 11.7 Å². The Hall–Kier alpha value is -1.52. The zero-order valence-corrected chi connectivity index (χ0v) is 7.57.